The minimum Gasteiger partial charge on any atom is -0.397 e. The molecule has 2 rings (SSSR count). The van der Waals surface area contributed by atoms with Gasteiger partial charge in [0.25, 0.3) is 5.91 Å². The van der Waals surface area contributed by atoms with Crippen molar-refractivity contribution in [2.75, 3.05) is 25.5 Å². The summed E-state index contributed by atoms with van der Waals surface area (Å²) in [6.07, 6.45) is 1.50. The molecule has 0 unspecified atom stereocenters. The number of hydrogen-bond donors (Lipinski definition) is 1. The lowest BCUT2D eigenvalue weighted by molar-refractivity contribution is -0.0373. The van der Waals surface area contributed by atoms with Gasteiger partial charge in [-0.1, -0.05) is 0 Å². The van der Waals surface area contributed by atoms with Gasteiger partial charge < -0.3 is 15.4 Å². The van der Waals surface area contributed by atoms with E-state index in [-0.39, 0.29) is 11.4 Å². The summed E-state index contributed by atoms with van der Waals surface area (Å²) in [6.45, 7) is 5.69. The van der Waals surface area contributed by atoms with Crippen LogP contribution in [0.4, 0.5) is 5.69 Å². The lowest BCUT2D eigenvalue weighted by Crippen LogP contribution is -2.55. The number of carbonyl (C=O) groups excluding carboxylic acids is 1. The van der Waals surface area contributed by atoms with Gasteiger partial charge >= 0.3 is 0 Å². The van der Waals surface area contributed by atoms with Crippen molar-refractivity contribution in [2.45, 2.75) is 19.4 Å². The number of hydrogen-bond acceptors (Lipinski definition) is 4. The van der Waals surface area contributed by atoms with Crippen molar-refractivity contribution < 1.29 is 9.53 Å². The van der Waals surface area contributed by atoms with Crippen molar-refractivity contribution in [3.05, 3.63) is 24.0 Å². The zero-order valence-electron chi connectivity index (χ0n) is 10.1. The van der Waals surface area contributed by atoms with Crippen LogP contribution in [0.3, 0.4) is 0 Å². The fourth-order valence-corrected chi connectivity index (χ4v) is 1.90. The van der Waals surface area contributed by atoms with Gasteiger partial charge in [-0.05, 0) is 26.0 Å². The molecule has 1 saturated heterocycles. The van der Waals surface area contributed by atoms with E-state index in [1.54, 1.807) is 17.0 Å². The van der Waals surface area contributed by atoms with E-state index in [2.05, 4.69) is 4.98 Å². The van der Waals surface area contributed by atoms with Crippen LogP contribution >= 0.6 is 0 Å². The van der Waals surface area contributed by atoms with Gasteiger partial charge in [-0.15, -0.1) is 0 Å². The second kappa shape index (κ2) is 4.33. The normalized spacial score (nSPS) is 19.1. The Kier molecular flexibility index (Phi) is 3.02. The molecule has 0 bridgehead atoms. The van der Waals surface area contributed by atoms with Crippen LogP contribution in [0.2, 0.25) is 0 Å². The molecule has 0 aliphatic carbocycles. The zero-order chi connectivity index (χ0) is 12.5. The molecule has 17 heavy (non-hydrogen) atoms. The van der Waals surface area contributed by atoms with Gasteiger partial charge in [0.1, 0.15) is 5.69 Å². The lowest BCUT2D eigenvalue weighted by atomic mass is 10.0. The highest BCUT2D eigenvalue weighted by atomic mass is 16.5. The Hall–Kier alpha value is -1.62. The first-order valence-corrected chi connectivity index (χ1v) is 5.62. The predicted molar refractivity (Wildman–Crippen MR) is 64.6 cm³/mol. The molecule has 2 N–H and O–H groups in total. The number of carbonyl (C=O) groups is 1. The molecular weight excluding hydrogens is 218 g/mol. The number of morpholine rings is 1. The molecule has 0 spiro atoms. The van der Waals surface area contributed by atoms with E-state index in [9.17, 15) is 4.79 Å². The summed E-state index contributed by atoms with van der Waals surface area (Å²) < 4.78 is 5.39. The number of nitrogen functional groups attached to an aromatic ring is 1. The van der Waals surface area contributed by atoms with E-state index >= 15 is 0 Å². The van der Waals surface area contributed by atoms with Gasteiger partial charge in [0.05, 0.1) is 30.6 Å². The van der Waals surface area contributed by atoms with Crippen LogP contribution in [-0.2, 0) is 4.74 Å². The minimum absolute atomic E-state index is 0.0710. The van der Waals surface area contributed by atoms with E-state index in [1.165, 1.54) is 6.20 Å². The monoisotopic (exact) mass is 235 g/mol. The predicted octanol–water partition coefficient (Wildman–Crippen LogP) is 0.915. The first-order chi connectivity index (χ1) is 8.00. The molecule has 0 radical (unpaired) electrons. The summed E-state index contributed by atoms with van der Waals surface area (Å²) in [7, 11) is 0. The number of aromatic nitrogens is 1. The maximum Gasteiger partial charge on any atom is 0.273 e. The molecule has 5 heteroatoms. The van der Waals surface area contributed by atoms with Crippen molar-refractivity contribution >= 4 is 11.6 Å². The Labute approximate surface area is 101 Å². The molecule has 1 aromatic heterocycles. The molecule has 2 heterocycles. The van der Waals surface area contributed by atoms with Gasteiger partial charge in [0.2, 0.25) is 0 Å². The maximum absolute atomic E-state index is 12.3. The Morgan fingerprint density at radius 3 is 2.88 bits per heavy atom. The van der Waals surface area contributed by atoms with Crippen molar-refractivity contribution in [3.8, 4) is 0 Å². The van der Waals surface area contributed by atoms with Gasteiger partial charge in [-0.25, -0.2) is 4.98 Å². The number of pyridine rings is 1. The Balaban J connectivity index is 2.21. The van der Waals surface area contributed by atoms with Gasteiger partial charge in [-0.3, -0.25) is 4.79 Å². The van der Waals surface area contributed by atoms with Crippen LogP contribution in [-0.4, -0.2) is 41.1 Å². The lowest BCUT2D eigenvalue weighted by Gasteiger charge is -2.41. The quantitative estimate of drug-likeness (QED) is 0.785. The van der Waals surface area contributed by atoms with Gasteiger partial charge in [-0.2, -0.15) is 0 Å². The minimum atomic E-state index is -0.293. The highest BCUT2D eigenvalue weighted by Gasteiger charge is 2.34. The second-order valence-electron chi connectivity index (χ2n) is 4.80. The molecule has 5 nitrogen and oxygen atoms in total. The first-order valence-electron chi connectivity index (χ1n) is 5.62. The number of amides is 1. The van der Waals surface area contributed by atoms with Crippen LogP contribution in [0.1, 0.15) is 24.3 Å². The third-order valence-corrected chi connectivity index (χ3v) is 2.90. The molecule has 1 amide bonds. The number of rotatable bonds is 1. The molecule has 1 fully saturated rings. The Morgan fingerprint density at radius 2 is 2.29 bits per heavy atom. The van der Waals surface area contributed by atoms with E-state index < -0.39 is 0 Å². The summed E-state index contributed by atoms with van der Waals surface area (Å²) in [6, 6.07) is 3.34. The Morgan fingerprint density at radius 1 is 1.53 bits per heavy atom. The highest BCUT2D eigenvalue weighted by Crippen LogP contribution is 2.21. The SMILES string of the molecule is CC1(C)COCCN1C(=O)c1ccc(N)cn1. The molecule has 1 aliphatic rings. The third kappa shape index (κ3) is 2.39. The van der Waals surface area contributed by atoms with E-state index in [0.29, 0.717) is 31.1 Å². The molecular formula is C12H17N3O2. The van der Waals surface area contributed by atoms with Crippen molar-refractivity contribution in [1.29, 1.82) is 0 Å². The average Bonchev–Trinajstić information content (AvgIpc) is 2.28. The van der Waals surface area contributed by atoms with Crippen molar-refractivity contribution in [3.63, 3.8) is 0 Å². The van der Waals surface area contributed by atoms with Crippen molar-refractivity contribution in [1.82, 2.24) is 9.88 Å². The molecule has 92 valence electrons. The molecule has 0 aromatic carbocycles. The zero-order valence-corrected chi connectivity index (χ0v) is 10.1. The first kappa shape index (κ1) is 11.9. The summed E-state index contributed by atoms with van der Waals surface area (Å²) >= 11 is 0. The second-order valence-corrected chi connectivity index (χ2v) is 4.80. The van der Waals surface area contributed by atoms with Gasteiger partial charge in [0, 0.05) is 6.54 Å². The van der Waals surface area contributed by atoms with Crippen LogP contribution in [0, 0.1) is 0 Å². The van der Waals surface area contributed by atoms with Crippen LogP contribution < -0.4 is 5.73 Å². The molecule has 1 aliphatic heterocycles. The summed E-state index contributed by atoms with van der Waals surface area (Å²) in [5.41, 5.74) is 6.24. The van der Waals surface area contributed by atoms with Gasteiger partial charge in [0.15, 0.2) is 0 Å². The van der Waals surface area contributed by atoms with Crippen LogP contribution in [0.5, 0.6) is 0 Å². The number of ether oxygens (including phenoxy) is 1. The maximum atomic E-state index is 12.3. The number of nitrogens with zero attached hydrogens (tertiary/aromatic N) is 2. The smallest absolute Gasteiger partial charge is 0.273 e. The fraction of sp³-hybridized carbons (Fsp3) is 0.500. The number of nitrogens with two attached hydrogens (primary N) is 1. The van der Waals surface area contributed by atoms with E-state index in [0.717, 1.165) is 0 Å². The largest absolute Gasteiger partial charge is 0.397 e. The van der Waals surface area contributed by atoms with E-state index in [1.807, 2.05) is 13.8 Å². The fourth-order valence-electron chi connectivity index (χ4n) is 1.90. The topological polar surface area (TPSA) is 68.5 Å². The number of anilines is 1. The van der Waals surface area contributed by atoms with E-state index in [4.69, 9.17) is 10.5 Å². The highest BCUT2D eigenvalue weighted by molar-refractivity contribution is 5.93. The molecule has 0 atom stereocenters. The molecule has 0 saturated carbocycles. The van der Waals surface area contributed by atoms with Crippen LogP contribution in [0.25, 0.3) is 0 Å². The molecule has 1 aromatic rings. The summed E-state index contributed by atoms with van der Waals surface area (Å²) in [5, 5.41) is 0. The van der Waals surface area contributed by atoms with Crippen LogP contribution in [0.15, 0.2) is 18.3 Å². The standard InChI is InChI=1S/C12H17N3O2/c1-12(2)8-17-6-5-15(12)11(16)10-4-3-9(13)7-14-10/h3-4,7H,5-6,8,13H2,1-2H3. The summed E-state index contributed by atoms with van der Waals surface area (Å²) in [4.78, 5) is 18.2. The third-order valence-electron chi connectivity index (χ3n) is 2.90. The Bertz CT molecular complexity index is 414. The average molecular weight is 235 g/mol. The van der Waals surface area contributed by atoms with Crippen molar-refractivity contribution in [2.24, 2.45) is 0 Å². The summed E-state index contributed by atoms with van der Waals surface area (Å²) in [5.74, 6) is -0.0710.